The highest BCUT2D eigenvalue weighted by atomic mass is 16.6. The maximum Gasteiger partial charge on any atom is 0.286 e. The van der Waals surface area contributed by atoms with Gasteiger partial charge in [0.25, 0.3) is 11.6 Å². The molecule has 0 bridgehead atoms. The molecule has 0 aliphatic carbocycles. The van der Waals surface area contributed by atoms with Gasteiger partial charge in [-0.25, -0.2) is 0 Å². The van der Waals surface area contributed by atoms with Gasteiger partial charge >= 0.3 is 0 Å². The highest BCUT2D eigenvalue weighted by Crippen LogP contribution is 2.34. The number of carbonyl (C=O) groups is 1. The van der Waals surface area contributed by atoms with Crippen molar-refractivity contribution < 1.29 is 19.2 Å². The lowest BCUT2D eigenvalue weighted by molar-refractivity contribution is -0.385. The first-order chi connectivity index (χ1) is 13.0. The first-order valence-electron chi connectivity index (χ1n) is 8.84. The summed E-state index contributed by atoms with van der Waals surface area (Å²) in [6.45, 7) is 4.55. The fraction of sp³-hybridized carbons (Fsp3) is 0.350. The van der Waals surface area contributed by atoms with Crippen LogP contribution in [-0.4, -0.2) is 31.1 Å². The minimum absolute atomic E-state index is 0.0489. The minimum Gasteiger partial charge on any atom is -0.493 e. The molecule has 27 heavy (non-hydrogen) atoms. The topological polar surface area (TPSA) is 90.7 Å². The first-order valence-corrected chi connectivity index (χ1v) is 8.84. The van der Waals surface area contributed by atoms with Crippen LogP contribution < -0.4 is 14.8 Å². The molecule has 144 valence electrons. The predicted molar refractivity (Wildman–Crippen MR) is 103 cm³/mol. The summed E-state index contributed by atoms with van der Waals surface area (Å²) >= 11 is 0. The second-order valence-corrected chi connectivity index (χ2v) is 5.94. The van der Waals surface area contributed by atoms with Crippen LogP contribution in [0.4, 0.5) is 5.69 Å². The lowest BCUT2D eigenvalue weighted by Gasteiger charge is -2.17. The van der Waals surface area contributed by atoms with Crippen molar-refractivity contribution in [3.63, 3.8) is 0 Å². The summed E-state index contributed by atoms with van der Waals surface area (Å²) in [6, 6.07) is 12.4. The van der Waals surface area contributed by atoms with Crippen LogP contribution >= 0.6 is 0 Å². The number of ether oxygens (including phenoxy) is 2. The Morgan fingerprint density at radius 2 is 1.89 bits per heavy atom. The van der Waals surface area contributed by atoms with Crippen molar-refractivity contribution in [2.45, 2.75) is 26.2 Å². The van der Waals surface area contributed by atoms with E-state index in [1.54, 1.807) is 6.92 Å². The number of rotatable bonds is 9. The van der Waals surface area contributed by atoms with Gasteiger partial charge in [0.2, 0.25) is 0 Å². The Morgan fingerprint density at radius 1 is 1.19 bits per heavy atom. The van der Waals surface area contributed by atoms with Crippen molar-refractivity contribution >= 4 is 11.6 Å². The van der Waals surface area contributed by atoms with Crippen molar-refractivity contribution in [3.8, 4) is 11.5 Å². The largest absolute Gasteiger partial charge is 0.493 e. The number of nitrogens with one attached hydrogen (secondary N) is 1. The number of nitrogens with zero attached hydrogens (tertiary/aromatic N) is 1. The van der Waals surface area contributed by atoms with Gasteiger partial charge in [0, 0.05) is 18.5 Å². The van der Waals surface area contributed by atoms with Gasteiger partial charge in [-0.1, -0.05) is 37.3 Å². The highest BCUT2D eigenvalue weighted by molar-refractivity contribution is 5.99. The molecule has 1 atom stereocenters. The van der Waals surface area contributed by atoms with E-state index in [9.17, 15) is 14.9 Å². The van der Waals surface area contributed by atoms with Crippen LogP contribution in [0.1, 0.15) is 42.1 Å². The standard InChI is InChI=1S/C20H24N2O5/c1-4-14(15-9-7-6-8-10-15)13-21-20(23)16-11-19(27-5-2)18(26-3)12-17(16)22(24)25/h6-12,14H,4-5,13H2,1-3H3,(H,21,23). The predicted octanol–water partition coefficient (Wildman–Crippen LogP) is 3.93. The number of hydrogen-bond acceptors (Lipinski definition) is 5. The molecule has 2 rings (SSSR count). The Labute approximate surface area is 158 Å². The zero-order chi connectivity index (χ0) is 19.8. The van der Waals surface area contributed by atoms with E-state index in [0.29, 0.717) is 18.9 Å². The van der Waals surface area contributed by atoms with Crippen LogP contribution in [0.15, 0.2) is 42.5 Å². The van der Waals surface area contributed by atoms with Crippen LogP contribution in [0.25, 0.3) is 0 Å². The Bertz CT molecular complexity index is 792. The second kappa shape index (κ2) is 9.56. The van der Waals surface area contributed by atoms with Gasteiger partial charge in [-0.15, -0.1) is 0 Å². The highest BCUT2D eigenvalue weighted by Gasteiger charge is 2.25. The van der Waals surface area contributed by atoms with E-state index in [1.807, 2.05) is 37.3 Å². The van der Waals surface area contributed by atoms with Crippen LogP contribution in [0.2, 0.25) is 0 Å². The molecule has 0 aliphatic rings. The average Bonchev–Trinajstić information content (AvgIpc) is 2.68. The monoisotopic (exact) mass is 372 g/mol. The van der Waals surface area contributed by atoms with Crippen molar-refractivity contribution in [3.05, 3.63) is 63.7 Å². The fourth-order valence-corrected chi connectivity index (χ4v) is 2.84. The molecule has 7 nitrogen and oxygen atoms in total. The third kappa shape index (κ3) is 4.97. The maximum absolute atomic E-state index is 12.7. The number of hydrogen-bond donors (Lipinski definition) is 1. The van der Waals surface area contributed by atoms with Crippen molar-refractivity contribution in [1.29, 1.82) is 0 Å². The summed E-state index contributed by atoms with van der Waals surface area (Å²) in [6.07, 6.45) is 0.833. The second-order valence-electron chi connectivity index (χ2n) is 5.94. The zero-order valence-corrected chi connectivity index (χ0v) is 15.7. The SMILES string of the molecule is CCOc1cc(C(=O)NCC(CC)c2ccccc2)c([N+](=O)[O-])cc1OC. The molecule has 1 unspecified atom stereocenters. The summed E-state index contributed by atoms with van der Waals surface area (Å²) in [4.78, 5) is 23.5. The van der Waals surface area contributed by atoms with E-state index in [2.05, 4.69) is 5.32 Å². The summed E-state index contributed by atoms with van der Waals surface area (Å²) in [5.74, 6) is 0.125. The smallest absolute Gasteiger partial charge is 0.286 e. The van der Waals surface area contributed by atoms with Crippen LogP contribution in [0, 0.1) is 10.1 Å². The van der Waals surface area contributed by atoms with E-state index < -0.39 is 10.8 Å². The van der Waals surface area contributed by atoms with Gasteiger partial charge in [-0.3, -0.25) is 14.9 Å². The van der Waals surface area contributed by atoms with E-state index in [-0.39, 0.29) is 22.9 Å². The van der Waals surface area contributed by atoms with Gasteiger partial charge in [0.1, 0.15) is 5.56 Å². The molecular weight excluding hydrogens is 348 g/mol. The third-order valence-corrected chi connectivity index (χ3v) is 4.30. The van der Waals surface area contributed by atoms with E-state index in [4.69, 9.17) is 9.47 Å². The lowest BCUT2D eigenvalue weighted by Crippen LogP contribution is -2.29. The Kier molecular flexibility index (Phi) is 7.16. The maximum atomic E-state index is 12.7. The van der Waals surface area contributed by atoms with Crippen LogP contribution in [0.5, 0.6) is 11.5 Å². The van der Waals surface area contributed by atoms with Gasteiger partial charge in [-0.05, 0) is 18.9 Å². The molecule has 0 saturated heterocycles. The Balaban J connectivity index is 2.26. The lowest BCUT2D eigenvalue weighted by atomic mass is 9.96. The number of nitro groups is 1. The summed E-state index contributed by atoms with van der Waals surface area (Å²) < 4.78 is 10.6. The van der Waals surface area contributed by atoms with Gasteiger partial charge in [0.15, 0.2) is 11.5 Å². The Hall–Kier alpha value is -3.09. The van der Waals surface area contributed by atoms with Crippen molar-refractivity contribution in [1.82, 2.24) is 5.32 Å². The zero-order valence-electron chi connectivity index (χ0n) is 15.7. The van der Waals surface area contributed by atoms with E-state index in [1.165, 1.54) is 19.2 Å². The molecule has 0 aromatic heterocycles. The van der Waals surface area contributed by atoms with E-state index >= 15 is 0 Å². The van der Waals surface area contributed by atoms with Crippen LogP contribution in [0.3, 0.4) is 0 Å². The minimum atomic E-state index is -0.596. The molecule has 0 spiro atoms. The number of amides is 1. The number of benzene rings is 2. The fourth-order valence-electron chi connectivity index (χ4n) is 2.84. The molecule has 0 radical (unpaired) electrons. The third-order valence-electron chi connectivity index (χ3n) is 4.30. The molecular formula is C20H24N2O5. The molecule has 0 saturated carbocycles. The molecule has 0 fully saturated rings. The summed E-state index contributed by atoms with van der Waals surface area (Å²) in [5, 5.41) is 14.2. The first kappa shape index (κ1) is 20.2. The number of methoxy groups -OCH3 is 1. The molecule has 2 aromatic carbocycles. The van der Waals surface area contributed by atoms with Gasteiger partial charge < -0.3 is 14.8 Å². The molecule has 1 N–H and O–H groups in total. The quantitative estimate of drug-likeness (QED) is 0.532. The number of carbonyl (C=O) groups excluding carboxylic acids is 1. The molecule has 7 heteroatoms. The van der Waals surface area contributed by atoms with Gasteiger partial charge in [0.05, 0.1) is 24.7 Å². The summed E-state index contributed by atoms with van der Waals surface area (Å²) in [5.41, 5.74) is 0.743. The van der Waals surface area contributed by atoms with Crippen molar-refractivity contribution in [2.75, 3.05) is 20.3 Å². The molecule has 0 aliphatic heterocycles. The van der Waals surface area contributed by atoms with Crippen LogP contribution in [-0.2, 0) is 0 Å². The van der Waals surface area contributed by atoms with Crippen molar-refractivity contribution in [2.24, 2.45) is 0 Å². The summed E-state index contributed by atoms with van der Waals surface area (Å²) in [7, 11) is 1.40. The molecule has 0 heterocycles. The normalized spacial score (nSPS) is 11.5. The van der Waals surface area contributed by atoms with Gasteiger partial charge in [-0.2, -0.15) is 0 Å². The van der Waals surface area contributed by atoms with E-state index in [0.717, 1.165) is 12.0 Å². The molecule has 2 aromatic rings. The molecule has 1 amide bonds. The average molecular weight is 372 g/mol. The number of nitro benzene ring substituents is 1. The Morgan fingerprint density at radius 3 is 2.44 bits per heavy atom.